The number of rotatable bonds is 7. The molecule has 2 fully saturated rings. The van der Waals surface area contributed by atoms with Gasteiger partial charge in [0.25, 0.3) is 0 Å². The van der Waals surface area contributed by atoms with Gasteiger partial charge in [0, 0.05) is 0 Å². The van der Waals surface area contributed by atoms with Crippen LogP contribution in [0.3, 0.4) is 0 Å². The number of esters is 2. The summed E-state index contributed by atoms with van der Waals surface area (Å²) in [5.41, 5.74) is -0.161. The molecule has 2 atom stereocenters. The van der Waals surface area contributed by atoms with Gasteiger partial charge in [-0.3, -0.25) is 9.59 Å². The van der Waals surface area contributed by atoms with Gasteiger partial charge in [0.1, 0.15) is 0 Å². The van der Waals surface area contributed by atoms with Crippen LogP contribution in [0.25, 0.3) is 0 Å². The number of carbonyl (C=O) groups excluding carboxylic acids is 2. The molecule has 0 saturated heterocycles. The normalized spacial score (nSPS) is 21.6. The Labute approximate surface area is 178 Å². The molecule has 0 aromatic carbocycles. The van der Waals surface area contributed by atoms with Crippen molar-refractivity contribution in [2.24, 2.45) is 34.5 Å². The molecule has 29 heavy (non-hydrogen) atoms. The summed E-state index contributed by atoms with van der Waals surface area (Å²) in [6.45, 7) is 13.2. The highest BCUT2D eigenvalue weighted by Crippen LogP contribution is 2.43. The van der Waals surface area contributed by atoms with Crippen LogP contribution in [-0.2, 0) is 19.1 Å². The van der Waals surface area contributed by atoms with Crippen molar-refractivity contribution in [2.45, 2.75) is 99.3 Å². The van der Waals surface area contributed by atoms with Crippen molar-refractivity contribution in [2.75, 3.05) is 13.2 Å². The van der Waals surface area contributed by atoms with Gasteiger partial charge in [0.05, 0.1) is 25.0 Å². The standard InChI is InChI=1S/C25H44O4/c1-24(2,3)16-28-22(26)20(18-12-8-7-9-13-18)21(19-14-10-11-15-19)23(27)29-17-25(4,5)6/h18-21H,7-17H2,1-6H3. The molecule has 2 aliphatic rings. The van der Waals surface area contributed by atoms with E-state index in [1.807, 2.05) is 0 Å². The number of carbonyl (C=O) groups is 2. The van der Waals surface area contributed by atoms with E-state index in [9.17, 15) is 9.59 Å². The molecule has 2 rings (SSSR count). The van der Waals surface area contributed by atoms with Crippen molar-refractivity contribution in [3.05, 3.63) is 0 Å². The fourth-order valence-corrected chi connectivity index (χ4v) is 4.84. The maximum Gasteiger partial charge on any atom is 0.310 e. The van der Waals surface area contributed by atoms with E-state index in [0.29, 0.717) is 13.2 Å². The summed E-state index contributed by atoms with van der Waals surface area (Å²) in [6, 6.07) is 0. The predicted molar refractivity (Wildman–Crippen MR) is 116 cm³/mol. The second-order valence-corrected chi connectivity index (χ2v) is 11.8. The molecular weight excluding hydrogens is 364 g/mol. The summed E-state index contributed by atoms with van der Waals surface area (Å²) in [6.07, 6.45) is 9.86. The molecule has 0 bridgehead atoms. The quantitative estimate of drug-likeness (QED) is 0.473. The zero-order valence-electron chi connectivity index (χ0n) is 19.7. The van der Waals surface area contributed by atoms with E-state index in [0.717, 1.165) is 51.4 Å². The van der Waals surface area contributed by atoms with Crippen LogP contribution in [0.2, 0.25) is 0 Å². The van der Waals surface area contributed by atoms with Gasteiger partial charge in [-0.1, -0.05) is 73.6 Å². The van der Waals surface area contributed by atoms with E-state index in [1.54, 1.807) is 0 Å². The van der Waals surface area contributed by atoms with Crippen molar-refractivity contribution in [1.82, 2.24) is 0 Å². The van der Waals surface area contributed by atoms with Crippen LogP contribution in [0, 0.1) is 34.5 Å². The summed E-state index contributed by atoms with van der Waals surface area (Å²) in [7, 11) is 0. The summed E-state index contributed by atoms with van der Waals surface area (Å²) in [5.74, 6) is -0.559. The lowest BCUT2D eigenvalue weighted by Crippen LogP contribution is -2.42. The fraction of sp³-hybridized carbons (Fsp3) is 0.920. The van der Waals surface area contributed by atoms with Crippen LogP contribution >= 0.6 is 0 Å². The molecule has 2 unspecified atom stereocenters. The Morgan fingerprint density at radius 1 is 0.655 bits per heavy atom. The largest absolute Gasteiger partial charge is 0.465 e. The lowest BCUT2D eigenvalue weighted by molar-refractivity contribution is -0.169. The van der Waals surface area contributed by atoms with Crippen molar-refractivity contribution >= 4 is 11.9 Å². The van der Waals surface area contributed by atoms with Crippen molar-refractivity contribution in [3.8, 4) is 0 Å². The van der Waals surface area contributed by atoms with Gasteiger partial charge >= 0.3 is 11.9 Å². The first-order valence-corrected chi connectivity index (χ1v) is 11.8. The summed E-state index contributed by atoms with van der Waals surface area (Å²) in [4.78, 5) is 26.7. The second kappa shape index (κ2) is 10.3. The average Bonchev–Trinajstić information content (AvgIpc) is 3.15. The maximum atomic E-state index is 13.4. The molecule has 0 amide bonds. The first-order valence-electron chi connectivity index (χ1n) is 11.8. The van der Waals surface area contributed by atoms with E-state index < -0.39 is 0 Å². The van der Waals surface area contributed by atoms with E-state index in [-0.39, 0.29) is 46.4 Å². The third-order valence-electron chi connectivity index (χ3n) is 6.29. The third-order valence-corrected chi connectivity index (χ3v) is 6.29. The number of hydrogen-bond donors (Lipinski definition) is 0. The topological polar surface area (TPSA) is 52.6 Å². The van der Waals surface area contributed by atoms with E-state index in [1.165, 1.54) is 6.42 Å². The molecule has 0 aliphatic heterocycles. The van der Waals surface area contributed by atoms with Crippen LogP contribution < -0.4 is 0 Å². The van der Waals surface area contributed by atoms with Gasteiger partial charge in [-0.25, -0.2) is 0 Å². The fourth-order valence-electron chi connectivity index (χ4n) is 4.84. The smallest absolute Gasteiger partial charge is 0.310 e. The maximum absolute atomic E-state index is 13.4. The van der Waals surface area contributed by atoms with Crippen LogP contribution in [-0.4, -0.2) is 25.2 Å². The Kier molecular flexibility index (Phi) is 8.60. The second-order valence-electron chi connectivity index (χ2n) is 11.8. The van der Waals surface area contributed by atoms with Gasteiger partial charge in [-0.05, 0) is 48.3 Å². The van der Waals surface area contributed by atoms with Crippen molar-refractivity contribution < 1.29 is 19.1 Å². The van der Waals surface area contributed by atoms with E-state index >= 15 is 0 Å². The first-order chi connectivity index (χ1) is 13.5. The van der Waals surface area contributed by atoms with Crippen LogP contribution in [0.15, 0.2) is 0 Å². The summed E-state index contributed by atoms with van der Waals surface area (Å²) >= 11 is 0. The van der Waals surface area contributed by atoms with Gasteiger partial charge < -0.3 is 9.47 Å². The highest BCUT2D eigenvalue weighted by molar-refractivity contribution is 5.82. The molecular formula is C25H44O4. The lowest BCUT2D eigenvalue weighted by atomic mass is 9.69. The Hall–Kier alpha value is -1.06. The first kappa shape index (κ1) is 24.2. The molecule has 2 aliphatic carbocycles. The monoisotopic (exact) mass is 408 g/mol. The molecule has 2 saturated carbocycles. The van der Waals surface area contributed by atoms with Gasteiger partial charge in [-0.15, -0.1) is 0 Å². The van der Waals surface area contributed by atoms with Crippen molar-refractivity contribution in [3.63, 3.8) is 0 Å². The lowest BCUT2D eigenvalue weighted by Gasteiger charge is -2.36. The Balaban J connectivity index is 2.26. The molecule has 0 N–H and O–H groups in total. The number of ether oxygens (including phenoxy) is 2. The number of hydrogen-bond acceptors (Lipinski definition) is 4. The summed E-state index contributed by atoms with van der Waals surface area (Å²) < 4.78 is 11.6. The van der Waals surface area contributed by atoms with Crippen molar-refractivity contribution in [1.29, 1.82) is 0 Å². The highest BCUT2D eigenvalue weighted by atomic mass is 16.5. The average molecular weight is 409 g/mol. The van der Waals surface area contributed by atoms with Gasteiger partial charge in [0.15, 0.2) is 0 Å². The molecule has 0 heterocycles. The van der Waals surface area contributed by atoms with Crippen LogP contribution in [0.5, 0.6) is 0 Å². The Morgan fingerprint density at radius 2 is 0.966 bits per heavy atom. The molecule has 0 aromatic rings. The molecule has 0 radical (unpaired) electrons. The van der Waals surface area contributed by atoms with E-state index in [4.69, 9.17) is 9.47 Å². The van der Waals surface area contributed by atoms with E-state index in [2.05, 4.69) is 41.5 Å². The predicted octanol–water partition coefficient (Wildman–Crippen LogP) is 6.17. The Morgan fingerprint density at radius 3 is 1.28 bits per heavy atom. The van der Waals surface area contributed by atoms with Crippen LogP contribution in [0.4, 0.5) is 0 Å². The minimum absolute atomic E-state index is 0.0804. The molecule has 0 aromatic heterocycles. The minimum atomic E-state index is -0.354. The van der Waals surface area contributed by atoms with Gasteiger partial charge in [0.2, 0.25) is 0 Å². The van der Waals surface area contributed by atoms with Gasteiger partial charge in [-0.2, -0.15) is 0 Å². The minimum Gasteiger partial charge on any atom is -0.465 e. The molecule has 0 spiro atoms. The zero-order valence-corrected chi connectivity index (χ0v) is 19.7. The third kappa shape index (κ3) is 7.94. The molecule has 4 nitrogen and oxygen atoms in total. The summed E-state index contributed by atoms with van der Waals surface area (Å²) in [5, 5.41) is 0. The zero-order chi connectivity index (χ0) is 21.7. The highest BCUT2D eigenvalue weighted by Gasteiger charge is 2.46. The Bertz CT molecular complexity index is 528. The molecule has 168 valence electrons. The SMILES string of the molecule is CC(C)(C)COC(=O)C(C1CCCCC1)C(C(=O)OCC(C)(C)C)C1CCCC1. The molecule has 4 heteroatoms. The van der Waals surface area contributed by atoms with Crippen LogP contribution in [0.1, 0.15) is 99.3 Å².